The molecule has 0 unspecified atom stereocenters. The number of carbonyl (C=O) groups is 1. The van der Waals surface area contributed by atoms with E-state index in [1.165, 1.54) is 25.7 Å². The van der Waals surface area contributed by atoms with Crippen molar-refractivity contribution in [3.05, 3.63) is 0 Å². The molecule has 0 aromatic heterocycles. The van der Waals surface area contributed by atoms with E-state index in [9.17, 15) is 4.79 Å². The van der Waals surface area contributed by atoms with E-state index >= 15 is 0 Å². The summed E-state index contributed by atoms with van der Waals surface area (Å²) in [4.78, 5) is 9.95. The molecule has 0 aliphatic rings. The molecule has 0 rings (SSSR count). The van der Waals surface area contributed by atoms with E-state index in [1.807, 2.05) is 0 Å². The van der Waals surface area contributed by atoms with Crippen molar-refractivity contribution in [2.24, 2.45) is 0 Å². The highest BCUT2D eigenvalue weighted by molar-refractivity contribution is 5.48. The summed E-state index contributed by atoms with van der Waals surface area (Å²) < 4.78 is 0. The Morgan fingerprint density at radius 2 is 1.83 bits per heavy atom. The Morgan fingerprint density at radius 1 is 1.08 bits per heavy atom. The molecule has 0 fully saturated rings. The molecule has 0 bridgehead atoms. The van der Waals surface area contributed by atoms with Crippen LogP contribution in [0.3, 0.4) is 0 Å². The number of unbranched alkanes of at least 4 members (excludes halogenated alkanes) is 4. The normalized spacial score (nSPS) is 10.1. The Morgan fingerprint density at radius 3 is 2.50 bits per heavy atom. The van der Waals surface area contributed by atoms with Crippen molar-refractivity contribution in [2.75, 3.05) is 13.1 Å². The van der Waals surface area contributed by atoms with Gasteiger partial charge < -0.3 is 10.1 Å². The average Bonchev–Trinajstić information content (AvgIpc) is 2.10. The molecule has 1 N–H and O–H groups in total. The van der Waals surface area contributed by atoms with Gasteiger partial charge in [-0.3, -0.25) is 0 Å². The van der Waals surface area contributed by atoms with E-state index in [0.29, 0.717) is 6.42 Å². The first-order valence-electron chi connectivity index (χ1n) is 5.06. The molecule has 12 heavy (non-hydrogen) atoms. The van der Waals surface area contributed by atoms with Crippen LogP contribution in [0.1, 0.15) is 45.4 Å². The first-order valence-corrected chi connectivity index (χ1v) is 5.06. The summed E-state index contributed by atoms with van der Waals surface area (Å²) in [5.74, 6) is 0. The van der Waals surface area contributed by atoms with Gasteiger partial charge in [-0.1, -0.05) is 26.2 Å². The van der Waals surface area contributed by atoms with Crippen LogP contribution in [0.25, 0.3) is 0 Å². The molecule has 2 heteroatoms. The maximum atomic E-state index is 9.95. The molecule has 72 valence electrons. The van der Waals surface area contributed by atoms with Crippen molar-refractivity contribution < 1.29 is 4.79 Å². The Labute approximate surface area is 75.7 Å². The summed E-state index contributed by atoms with van der Waals surface area (Å²) >= 11 is 0. The van der Waals surface area contributed by atoms with Crippen LogP contribution in [0.5, 0.6) is 0 Å². The Bertz CT molecular complexity index is 93.8. The van der Waals surface area contributed by atoms with Gasteiger partial charge in [0.05, 0.1) is 0 Å². The third kappa shape index (κ3) is 9.63. The number of hydrogen-bond acceptors (Lipinski definition) is 2. The predicted octanol–water partition coefficient (Wildman–Crippen LogP) is 2.14. The molecule has 0 atom stereocenters. The topological polar surface area (TPSA) is 29.1 Å². The van der Waals surface area contributed by atoms with Crippen molar-refractivity contribution in [1.82, 2.24) is 5.32 Å². The fourth-order valence-electron chi connectivity index (χ4n) is 1.11. The third-order valence-corrected chi connectivity index (χ3v) is 1.88. The van der Waals surface area contributed by atoms with Gasteiger partial charge in [0.2, 0.25) is 0 Å². The lowest BCUT2D eigenvalue weighted by atomic mass is 10.2. The smallest absolute Gasteiger partial charge is 0.120 e. The monoisotopic (exact) mass is 171 g/mol. The van der Waals surface area contributed by atoms with Gasteiger partial charge in [0.15, 0.2) is 0 Å². The number of carbonyl (C=O) groups excluding carboxylic acids is 1. The molecule has 0 saturated heterocycles. The standard InChI is InChI=1S/C10H21NO/c1-2-3-4-5-8-11-9-6-7-10-12/h10-11H,2-9H2,1H3. The van der Waals surface area contributed by atoms with Crippen LogP contribution in [0.4, 0.5) is 0 Å². The molecular formula is C10H21NO. The lowest BCUT2D eigenvalue weighted by Gasteiger charge is -2.01. The highest BCUT2D eigenvalue weighted by Gasteiger charge is 1.88. The van der Waals surface area contributed by atoms with Crippen LogP contribution in [0.2, 0.25) is 0 Å². The van der Waals surface area contributed by atoms with E-state index < -0.39 is 0 Å². The van der Waals surface area contributed by atoms with Gasteiger partial charge in [0, 0.05) is 6.42 Å². The highest BCUT2D eigenvalue weighted by atomic mass is 16.1. The van der Waals surface area contributed by atoms with Crippen molar-refractivity contribution in [1.29, 1.82) is 0 Å². The fraction of sp³-hybridized carbons (Fsp3) is 0.900. The zero-order valence-electron chi connectivity index (χ0n) is 8.14. The highest BCUT2D eigenvalue weighted by Crippen LogP contribution is 1.96. The zero-order valence-corrected chi connectivity index (χ0v) is 8.14. The van der Waals surface area contributed by atoms with Gasteiger partial charge >= 0.3 is 0 Å². The minimum Gasteiger partial charge on any atom is -0.317 e. The lowest BCUT2D eigenvalue weighted by molar-refractivity contribution is -0.107. The summed E-state index contributed by atoms with van der Waals surface area (Å²) in [6.07, 6.45) is 7.91. The van der Waals surface area contributed by atoms with Crippen molar-refractivity contribution in [3.8, 4) is 0 Å². The number of aldehydes is 1. The first-order chi connectivity index (χ1) is 5.91. The van der Waals surface area contributed by atoms with Crippen LogP contribution in [-0.4, -0.2) is 19.4 Å². The molecule has 0 heterocycles. The maximum Gasteiger partial charge on any atom is 0.120 e. The molecule has 0 spiro atoms. The summed E-state index contributed by atoms with van der Waals surface area (Å²) in [6, 6.07) is 0. The van der Waals surface area contributed by atoms with Gasteiger partial charge in [-0.2, -0.15) is 0 Å². The zero-order chi connectivity index (χ0) is 9.07. The van der Waals surface area contributed by atoms with Gasteiger partial charge in [0.1, 0.15) is 6.29 Å². The molecule has 0 aliphatic carbocycles. The number of hydrogen-bond donors (Lipinski definition) is 1. The van der Waals surface area contributed by atoms with Gasteiger partial charge in [-0.25, -0.2) is 0 Å². The summed E-state index contributed by atoms with van der Waals surface area (Å²) in [7, 11) is 0. The van der Waals surface area contributed by atoms with Crippen LogP contribution < -0.4 is 5.32 Å². The van der Waals surface area contributed by atoms with E-state index in [-0.39, 0.29) is 0 Å². The van der Waals surface area contributed by atoms with Crippen molar-refractivity contribution in [3.63, 3.8) is 0 Å². The molecule has 0 aromatic carbocycles. The minimum atomic E-state index is 0.696. The Kier molecular flexibility index (Phi) is 10.3. The van der Waals surface area contributed by atoms with Crippen LogP contribution in [0, 0.1) is 0 Å². The van der Waals surface area contributed by atoms with E-state index in [1.54, 1.807) is 0 Å². The first kappa shape index (κ1) is 11.6. The second-order valence-corrected chi connectivity index (χ2v) is 3.12. The molecule has 0 amide bonds. The van der Waals surface area contributed by atoms with Crippen molar-refractivity contribution >= 4 is 6.29 Å². The maximum absolute atomic E-state index is 9.95. The fourth-order valence-corrected chi connectivity index (χ4v) is 1.11. The summed E-state index contributed by atoms with van der Waals surface area (Å²) in [6.45, 7) is 4.32. The number of nitrogens with one attached hydrogen (secondary N) is 1. The average molecular weight is 171 g/mol. The molecule has 2 nitrogen and oxygen atoms in total. The molecule has 0 saturated carbocycles. The molecular weight excluding hydrogens is 150 g/mol. The van der Waals surface area contributed by atoms with E-state index in [4.69, 9.17) is 0 Å². The van der Waals surface area contributed by atoms with Gasteiger partial charge in [-0.05, 0) is 25.9 Å². The van der Waals surface area contributed by atoms with E-state index in [2.05, 4.69) is 12.2 Å². The minimum absolute atomic E-state index is 0.696. The van der Waals surface area contributed by atoms with Gasteiger partial charge in [0.25, 0.3) is 0 Å². The van der Waals surface area contributed by atoms with Crippen LogP contribution >= 0.6 is 0 Å². The predicted molar refractivity (Wildman–Crippen MR) is 52.3 cm³/mol. The molecule has 0 radical (unpaired) electrons. The molecule has 0 aliphatic heterocycles. The SMILES string of the molecule is CCCCCCNCCCC=O. The second kappa shape index (κ2) is 10.6. The largest absolute Gasteiger partial charge is 0.317 e. The van der Waals surface area contributed by atoms with Crippen molar-refractivity contribution in [2.45, 2.75) is 45.4 Å². The third-order valence-electron chi connectivity index (χ3n) is 1.88. The van der Waals surface area contributed by atoms with Crippen LogP contribution in [0.15, 0.2) is 0 Å². The van der Waals surface area contributed by atoms with Crippen LogP contribution in [-0.2, 0) is 4.79 Å². The van der Waals surface area contributed by atoms with E-state index in [0.717, 1.165) is 25.8 Å². The lowest BCUT2D eigenvalue weighted by Crippen LogP contribution is -2.16. The quantitative estimate of drug-likeness (QED) is 0.425. The Hall–Kier alpha value is -0.370. The second-order valence-electron chi connectivity index (χ2n) is 3.12. The number of rotatable bonds is 9. The van der Waals surface area contributed by atoms with Gasteiger partial charge in [-0.15, -0.1) is 0 Å². The summed E-state index contributed by atoms with van der Waals surface area (Å²) in [5, 5.41) is 3.32. The summed E-state index contributed by atoms with van der Waals surface area (Å²) in [5.41, 5.74) is 0. The Balaban J connectivity index is 2.77. The molecule has 0 aromatic rings.